The number of aromatic amines is 2. The van der Waals surface area contributed by atoms with E-state index in [0.717, 1.165) is 23.5 Å². The Labute approximate surface area is 200 Å². The summed E-state index contributed by atoms with van der Waals surface area (Å²) in [7, 11) is -1.60. The van der Waals surface area contributed by atoms with Crippen molar-refractivity contribution in [1.82, 2.24) is 20.2 Å². The van der Waals surface area contributed by atoms with Crippen molar-refractivity contribution >= 4 is 45.0 Å². The van der Waals surface area contributed by atoms with E-state index < -0.39 is 22.1 Å². The maximum atomic E-state index is 12.9. The number of piperazine rings is 1. The number of hydrogen-bond donors (Lipinski definition) is 4. The number of nitrogens with zero attached hydrogens (tertiary/aromatic N) is 1. The molecule has 1 amide bonds. The summed E-state index contributed by atoms with van der Waals surface area (Å²) in [5.41, 5.74) is 0.910. The van der Waals surface area contributed by atoms with Gasteiger partial charge in [-0.2, -0.15) is 0 Å². The fraction of sp³-hybridized carbons (Fsp3) is 0.174. The van der Waals surface area contributed by atoms with Gasteiger partial charge in [0.05, 0.1) is 20.8 Å². The standard InChI is InChI=1S/C23H21N5O4S2/c29-21-22(30)26-18-13-16(4-5-17(18)25-21)34(32)27-15-3-1-2-14(12-15)19-6-7-20(33-19)23(31)28-10-8-24-9-11-28/h1-7,12-13,24,27H,8-11H2,(H,25,29)(H,26,30). The summed E-state index contributed by atoms with van der Waals surface area (Å²) in [5, 5.41) is 3.25. The molecule has 0 bridgehead atoms. The summed E-state index contributed by atoms with van der Waals surface area (Å²) in [6, 6.07) is 16.0. The van der Waals surface area contributed by atoms with Gasteiger partial charge in [0.1, 0.15) is 11.0 Å². The number of anilines is 1. The average molecular weight is 496 g/mol. The normalized spacial score (nSPS) is 14.8. The van der Waals surface area contributed by atoms with Gasteiger partial charge >= 0.3 is 11.1 Å². The quantitative estimate of drug-likeness (QED) is 0.316. The van der Waals surface area contributed by atoms with Gasteiger partial charge in [-0.1, -0.05) is 12.1 Å². The fourth-order valence-electron chi connectivity index (χ4n) is 3.74. The van der Waals surface area contributed by atoms with Gasteiger partial charge in [-0.15, -0.1) is 11.3 Å². The van der Waals surface area contributed by atoms with E-state index in [2.05, 4.69) is 20.0 Å². The third-order valence-corrected chi connectivity index (χ3v) is 7.71. The number of carbonyl (C=O) groups is 1. The molecule has 5 rings (SSSR count). The van der Waals surface area contributed by atoms with Crippen LogP contribution in [0.4, 0.5) is 5.69 Å². The Morgan fingerprint density at radius 1 is 0.941 bits per heavy atom. The van der Waals surface area contributed by atoms with Crippen LogP contribution in [-0.2, 0) is 11.0 Å². The third-order valence-electron chi connectivity index (χ3n) is 5.49. The summed E-state index contributed by atoms with van der Waals surface area (Å²) < 4.78 is 15.9. The predicted molar refractivity (Wildman–Crippen MR) is 134 cm³/mol. The Morgan fingerprint density at radius 2 is 1.71 bits per heavy atom. The second kappa shape index (κ2) is 9.37. The Balaban J connectivity index is 1.34. The molecule has 0 spiro atoms. The molecule has 1 aliphatic rings. The summed E-state index contributed by atoms with van der Waals surface area (Å²) in [5.74, 6) is 0.0452. The average Bonchev–Trinajstić information content (AvgIpc) is 3.35. The molecule has 1 aliphatic heterocycles. The van der Waals surface area contributed by atoms with Gasteiger partial charge in [0.2, 0.25) is 0 Å². The maximum absolute atomic E-state index is 12.9. The van der Waals surface area contributed by atoms with Crippen LogP contribution < -0.4 is 21.2 Å². The van der Waals surface area contributed by atoms with E-state index in [0.29, 0.717) is 39.6 Å². The zero-order chi connectivity index (χ0) is 23.7. The van der Waals surface area contributed by atoms with E-state index in [1.165, 1.54) is 11.3 Å². The summed E-state index contributed by atoms with van der Waals surface area (Å²) in [4.78, 5) is 44.7. The number of benzene rings is 2. The Bertz CT molecular complexity index is 1520. The topological polar surface area (TPSA) is 127 Å². The fourth-order valence-corrected chi connectivity index (χ4v) is 5.59. The van der Waals surface area contributed by atoms with Crippen molar-refractivity contribution in [1.29, 1.82) is 0 Å². The number of fused-ring (bicyclic) bond motifs is 1. The second-order valence-corrected chi connectivity index (χ2v) is 10.1. The Morgan fingerprint density at radius 3 is 2.50 bits per heavy atom. The van der Waals surface area contributed by atoms with Crippen LogP contribution in [0.3, 0.4) is 0 Å². The molecule has 1 atom stereocenters. The van der Waals surface area contributed by atoms with E-state index in [4.69, 9.17) is 0 Å². The van der Waals surface area contributed by atoms with Crippen LogP contribution in [0.5, 0.6) is 0 Å². The highest BCUT2D eigenvalue weighted by Crippen LogP contribution is 2.31. The van der Waals surface area contributed by atoms with Crippen LogP contribution in [-0.4, -0.2) is 51.2 Å². The number of nitrogens with one attached hydrogen (secondary N) is 4. The lowest BCUT2D eigenvalue weighted by Crippen LogP contribution is -2.46. The molecule has 11 heteroatoms. The molecule has 4 N–H and O–H groups in total. The predicted octanol–water partition coefficient (Wildman–Crippen LogP) is 2.12. The summed E-state index contributed by atoms with van der Waals surface area (Å²) in [6.07, 6.45) is 0. The van der Waals surface area contributed by atoms with E-state index in [1.807, 2.05) is 41.3 Å². The van der Waals surface area contributed by atoms with Crippen molar-refractivity contribution in [3.63, 3.8) is 0 Å². The number of rotatable bonds is 5. The van der Waals surface area contributed by atoms with E-state index in [-0.39, 0.29) is 5.91 Å². The highest BCUT2D eigenvalue weighted by Gasteiger charge is 2.20. The van der Waals surface area contributed by atoms with E-state index >= 15 is 0 Å². The van der Waals surface area contributed by atoms with Crippen molar-refractivity contribution < 1.29 is 9.00 Å². The lowest BCUT2D eigenvalue weighted by molar-refractivity contribution is 0.0740. The zero-order valence-corrected chi connectivity index (χ0v) is 19.6. The zero-order valence-electron chi connectivity index (χ0n) is 17.9. The first-order valence-electron chi connectivity index (χ1n) is 10.6. The molecule has 1 saturated heterocycles. The largest absolute Gasteiger partial charge is 0.335 e. The van der Waals surface area contributed by atoms with Gasteiger partial charge in [0.15, 0.2) is 0 Å². The molecule has 1 fully saturated rings. The molecule has 0 aliphatic carbocycles. The smallest absolute Gasteiger partial charge is 0.314 e. The molecule has 4 aromatic rings. The summed E-state index contributed by atoms with van der Waals surface area (Å²) in [6.45, 7) is 3.02. The van der Waals surface area contributed by atoms with Gasteiger partial charge in [-0.3, -0.25) is 14.4 Å². The van der Waals surface area contributed by atoms with Crippen molar-refractivity contribution in [3.05, 3.63) is 80.2 Å². The number of aromatic nitrogens is 2. The first-order valence-corrected chi connectivity index (χ1v) is 12.6. The third kappa shape index (κ3) is 4.58. The van der Waals surface area contributed by atoms with Gasteiger partial charge in [-0.05, 0) is 48.0 Å². The molecular formula is C23H21N5O4S2. The number of thiophene rings is 1. The van der Waals surface area contributed by atoms with Gasteiger partial charge in [0.25, 0.3) is 5.91 Å². The van der Waals surface area contributed by atoms with Gasteiger partial charge in [0, 0.05) is 36.7 Å². The minimum atomic E-state index is -1.60. The van der Waals surface area contributed by atoms with Gasteiger partial charge < -0.3 is 24.9 Å². The lowest BCUT2D eigenvalue weighted by atomic mass is 10.2. The highest BCUT2D eigenvalue weighted by atomic mass is 32.2. The molecule has 1 unspecified atom stereocenters. The first-order chi connectivity index (χ1) is 16.5. The molecular weight excluding hydrogens is 474 g/mol. The number of hydrogen-bond acceptors (Lipinski definition) is 6. The number of amides is 1. The number of H-pyrrole nitrogens is 2. The molecule has 2 aromatic carbocycles. The van der Waals surface area contributed by atoms with Crippen LogP contribution in [0.25, 0.3) is 21.5 Å². The van der Waals surface area contributed by atoms with Gasteiger partial charge in [-0.25, -0.2) is 4.21 Å². The SMILES string of the molecule is O=C(c1ccc(-c2cccc(NS(=O)c3ccc4[nH]c(=O)c(=O)[nH]c4c3)c2)s1)N1CCNCC1. The highest BCUT2D eigenvalue weighted by molar-refractivity contribution is 7.86. The molecule has 174 valence electrons. The molecule has 0 radical (unpaired) electrons. The molecule has 3 heterocycles. The summed E-state index contributed by atoms with van der Waals surface area (Å²) >= 11 is 1.44. The van der Waals surface area contributed by atoms with Crippen LogP contribution in [0.2, 0.25) is 0 Å². The van der Waals surface area contributed by atoms with Crippen LogP contribution in [0.15, 0.2) is 69.1 Å². The molecule has 9 nitrogen and oxygen atoms in total. The van der Waals surface area contributed by atoms with E-state index in [1.54, 1.807) is 18.2 Å². The lowest BCUT2D eigenvalue weighted by Gasteiger charge is -2.26. The van der Waals surface area contributed by atoms with Crippen molar-refractivity contribution in [3.8, 4) is 10.4 Å². The second-order valence-electron chi connectivity index (χ2n) is 7.77. The molecule has 0 saturated carbocycles. The first kappa shape index (κ1) is 22.3. The van der Waals surface area contributed by atoms with Crippen molar-refractivity contribution in [2.45, 2.75) is 4.90 Å². The Kier molecular flexibility index (Phi) is 6.14. The van der Waals surface area contributed by atoms with Crippen LogP contribution in [0.1, 0.15) is 9.67 Å². The van der Waals surface area contributed by atoms with Crippen molar-refractivity contribution in [2.24, 2.45) is 0 Å². The van der Waals surface area contributed by atoms with Crippen molar-refractivity contribution in [2.75, 3.05) is 30.9 Å². The van der Waals surface area contributed by atoms with E-state index in [9.17, 15) is 18.6 Å². The molecule has 2 aromatic heterocycles. The minimum Gasteiger partial charge on any atom is -0.335 e. The Hall–Kier alpha value is -3.54. The minimum absolute atomic E-state index is 0.0452. The number of carbonyl (C=O) groups excluding carboxylic acids is 1. The molecule has 34 heavy (non-hydrogen) atoms. The van der Waals surface area contributed by atoms with Crippen LogP contribution >= 0.6 is 11.3 Å². The monoisotopic (exact) mass is 495 g/mol. The maximum Gasteiger partial charge on any atom is 0.314 e. The van der Waals surface area contributed by atoms with Crippen LogP contribution in [0, 0.1) is 0 Å².